The number of aromatic hydroxyl groups is 1. The molecule has 0 aromatic heterocycles. The first kappa shape index (κ1) is 20.7. The van der Waals surface area contributed by atoms with E-state index in [2.05, 4.69) is 5.32 Å². The van der Waals surface area contributed by atoms with Gasteiger partial charge in [-0.2, -0.15) is 0 Å². The summed E-state index contributed by atoms with van der Waals surface area (Å²) in [6.45, 7) is 0. The largest absolute Gasteiger partial charge is 0.507 e. The number of amides is 1. The SMILES string of the molecule is COc1ccc(C(=O)/C=C/c2ccc(C(=O)Nc3ccccc3OC)cc2)c(O)c1. The quantitative estimate of drug-likeness (QED) is 0.446. The Kier molecular flexibility index (Phi) is 6.49. The van der Waals surface area contributed by atoms with Gasteiger partial charge in [-0.3, -0.25) is 9.59 Å². The molecule has 0 fully saturated rings. The van der Waals surface area contributed by atoms with Crippen molar-refractivity contribution >= 4 is 23.5 Å². The summed E-state index contributed by atoms with van der Waals surface area (Å²) in [5, 5.41) is 12.8. The van der Waals surface area contributed by atoms with E-state index in [1.165, 1.54) is 25.3 Å². The third kappa shape index (κ3) is 4.86. The normalized spacial score (nSPS) is 10.6. The number of allylic oxidation sites excluding steroid dienone is 1. The molecule has 0 aliphatic heterocycles. The summed E-state index contributed by atoms with van der Waals surface area (Å²) in [5.74, 6) is 0.287. The minimum absolute atomic E-state index is 0.146. The number of ketones is 1. The maximum Gasteiger partial charge on any atom is 0.255 e. The van der Waals surface area contributed by atoms with Crippen LogP contribution in [0, 0.1) is 0 Å². The number of nitrogens with one attached hydrogen (secondary N) is 1. The highest BCUT2D eigenvalue weighted by Crippen LogP contribution is 2.25. The monoisotopic (exact) mass is 403 g/mol. The molecule has 0 saturated heterocycles. The van der Waals surface area contributed by atoms with Gasteiger partial charge in [0.05, 0.1) is 25.5 Å². The maximum absolute atomic E-state index is 12.5. The number of ether oxygens (including phenoxy) is 2. The van der Waals surface area contributed by atoms with E-state index in [1.807, 2.05) is 12.1 Å². The van der Waals surface area contributed by atoms with E-state index in [0.717, 1.165) is 5.56 Å². The Morgan fingerprint density at radius 1 is 0.933 bits per heavy atom. The summed E-state index contributed by atoms with van der Waals surface area (Å²) in [6.07, 6.45) is 2.99. The minimum Gasteiger partial charge on any atom is -0.507 e. The zero-order valence-corrected chi connectivity index (χ0v) is 16.6. The summed E-state index contributed by atoms with van der Waals surface area (Å²) >= 11 is 0. The zero-order valence-electron chi connectivity index (χ0n) is 16.6. The average molecular weight is 403 g/mol. The lowest BCUT2D eigenvalue weighted by molar-refractivity contribution is 0.102. The number of hydrogen-bond donors (Lipinski definition) is 2. The van der Waals surface area contributed by atoms with E-state index < -0.39 is 0 Å². The van der Waals surface area contributed by atoms with Crippen LogP contribution in [0.25, 0.3) is 6.08 Å². The van der Waals surface area contributed by atoms with E-state index in [1.54, 1.807) is 55.7 Å². The van der Waals surface area contributed by atoms with Gasteiger partial charge >= 0.3 is 0 Å². The van der Waals surface area contributed by atoms with E-state index in [-0.39, 0.29) is 23.0 Å². The first-order chi connectivity index (χ1) is 14.5. The first-order valence-corrected chi connectivity index (χ1v) is 9.15. The highest BCUT2D eigenvalue weighted by Gasteiger charge is 2.10. The molecule has 0 unspecified atom stereocenters. The van der Waals surface area contributed by atoms with Gasteiger partial charge in [-0.05, 0) is 48.0 Å². The summed E-state index contributed by atoms with van der Waals surface area (Å²) in [4.78, 5) is 24.8. The topological polar surface area (TPSA) is 84.9 Å². The van der Waals surface area contributed by atoms with Gasteiger partial charge in [0.2, 0.25) is 0 Å². The predicted octanol–water partition coefficient (Wildman–Crippen LogP) is 4.56. The fourth-order valence-electron chi connectivity index (χ4n) is 2.80. The Morgan fingerprint density at radius 3 is 2.33 bits per heavy atom. The number of carbonyl (C=O) groups is 2. The van der Waals surface area contributed by atoms with Crippen LogP contribution in [-0.2, 0) is 0 Å². The Labute approximate surface area is 174 Å². The molecule has 6 nitrogen and oxygen atoms in total. The van der Waals surface area contributed by atoms with Crippen LogP contribution in [0.5, 0.6) is 17.2 Å². The average Bonchev–Trinajstić information content (AvgIpc) is 2.78. The van der Waals surface area contributed by atoms with Crippen molar-refractivity contribution in [3.63, 3.8) is 0 Å². The molecule has 0 spiro atoms. The molecule has 0 bridgehead atoms. The molecular weight excluding hydrogens is 382 g/mol. The summed E-state index contributed by atoms with van der Waals surface area (Å²) in [6, 6.07) is 18.4. The molecule has 30 heavy (non-hydrogen) atoms. The Balaban J connectivity index is 1.68. The molecule has 6 heteroatoms. The zero-order chi connectivity index (χ0) is 21.5. The van der Waals surface area contributed by atoms with Crippen LogP contribution >= 0.6 is 0 Å². The van der Waals surface area contributed by atoms with E-state index >= 15 is 0 Å². The highest BCUT2D eigenvalue weighted by atomic mass is 16.5. The molecular formula is C24H21NO5. The summed E-state index contributed by atoms with van der Waals surface area (Å²) < 4.78 is 10.2. The van der Waals surface area contributed by atoms with Crippen molar-refractivity contribution in [3.8, 4) is 17.2 Å². The van der Waals surface area contributed by atoms with Gasteiger partial charge in [-0.25, -0.2) is 0 Å². The molecule has 3 aromatic carbocycles. The van der Waals surface area contributed by atoms with Gasteiger partial charge in [0.15, 0.2) is 5.78 Å². The smallest absolute Gasteiger partial charge is 0.255 e. The molecule has 0 radical (unpaired) electrons. The molecule has 152 valence electrons. The van der Waals surface area contributed by atoms with Crippen molar-refractivity contribution < 1.29 is 24.2 Å². The molecule has 3 aromatic rings. The molecule has 0 heterocycles. The second-order valence-corrected chi connectivity index (χ2v) is 6.36. The number of para-hydroxylation sites is 2. The fourth-order valence-corrected chi connectivity index (χ4v) is 2.80. The van der Waals surface area contributed by atoms with Crippen molar-refractivity contribution in [3.05, 3.63) is 89.5 Å². The van der Waals surface area contributed by atoms with Crippen molar-refractivity contribution in [2.24, 2.45) is 0 Å². The van der Waals surface area contributed by atoms with Gasteiger partial charge in [0.25, 0.3) is 5.91 Å². The summed E-state index contributed by atoms with van der Waals surface area (Å²) in [5.41, 5.74) is 1.97. The Bertz CT molecular complexity index is 1090. The number of carbonyl (C=O) groups excluding carboxylic acids is 2. The summed E-state index contributed by atoms with van der Waals surface area (Å²) in [7, 11) is 3.02. The van der Waals surface area contributed by atoms with Crippen LogP contribution < -0.4 is 14.8 Å². The fraction of sp³-hybridized carbons (Fsp3) is 0.0833. The second-order valence-electron chi connectivity index (χ2n) is 6.36. The van der Waals surface area contributed by atoms with E-state index in [9.17, 15) is 14.7 Å². The molecule has 1 amide bonds. The third-order valence-corrected chi connectivity index (χ3v) is 4.43. The molecule has 2 N–H and O–H groups in total. The van der Waals surface area contributed by atoms with Crippen LogP contribution in [0.15, 0.2) is 72.8 Å². The molecule has 3 rings (SSSR count). The lowest BCUT2D eigenvalue weighted by Crippen LogP contribution is -2.12. The minimum atomic E-state index is -0.340. The van der Waals surface area contributed by atoms with Gasteiger partial charge < -0.3 is 19.9 Å². The number of anilines is 1. The number of phenolic OH excluding ortho intramolecular Hbond substituents is 1. The maximum atomic E-state index is 12.5. The number of benzene rings is 3. The predicted molar refractivity (Wildman–Crippen MR) is 115 cm³/mol. The number of hydrogen-bond acceptors (Lipinski definition) is 5. The van der Waals surface area contributed by atoms with E-state index in [4.69, 9.17) is 9.47 Å². The highest BCUT2D eigenvalue weighted by molar-refractivity contribution is 6.09. The van der Waals surface area contributed by atoms with Gasteiger partial charge in [0, 0.05) is 11.6 Å². The second kappa shape index (κ2) is 9.43. The number of rotatable bonds is 7. The van der Waals surface area contributed by atoms with Gasteiger partial charge in [-0.15, -0.1) is 0 Å². The Morgan fingerprint density at radius 2 is 1.67 bits per heavy atom. The van der Waals surface area contributed by atoms with Crippen LogP contribution in [-0.4, -0.2) is 31.0 Å². The van der Waals surface area contributed by atoms with Crippen LogP contribution in [0.3, 0.4) is 0 Å². The number of methoxy groups -OCH3 is 2. The third-order valence-electron chi connectivity index (χ3n) is 4.43. The van der Waals surface area contributed by atoms with E-state index in [0.29, 0.717) is 22.7 Å². The lowest BCUT2D eigenvalue weighted by atomic mass is 10.1. The lowest BCUT2D eigenvalue weighted by Gasteiger charge is -2.09. The van der Waals surface area contributed by atoms with Crippen LogP contribution in [0.2, 0.25) is 0 Å². The van der Waals surface area contributed by atoms with Gasteiger partial charge in [0.1, 0.15) is 17.2 Å². The standard InChI is InChI=1S/C24H21NO5/c1-29-18-12-13-19(22(27)15-18)21(26)14-9-16-7-10-17(11-8-16)24(28)25-20-5-3-4-6-23(20)30-2/h3-15,27H,1-2H3,(H,25,28)/b14-9+. The van der Waals surface area contributed by atoms with Crippen molar-refractivity contribution in [2.45, 2.75) is 0 Å². The van der Waals surface area contributed by atoms with Crippen molar-refractivity contribution in [1.82, 2.24) is 0 Å². The molecule has 0 saturated carbocycles. The molecule has 0 aliphatic carbocycles. The van der Waals surface area contributed by atoms with Crippen LogP contribution in [0.4, 0.5) is 5.69 Å². The molecule has 0 aliphatic rings. The van der Waals surface area contributed by atoms with Crippen molar-refractivity contribution in [2.75, 3.05) is 19.5 Å². The number of phenols is 1. The van der Waals surface area contributed by atoms with Crippen LogP contribution in [0.1, 0.15) is 26.3 Å². The Hall–Kier alpha value is -4.06. The van der Waals surface area contributed by atoms with Crippen molar-refractivity contribution in [1.29, 1.82) is 0 Å². The first-order valence-electron chi connectivity index (χ1n) is 9.15. The molecule has 0 atom stereocenters. The van der Waals surface area contributed by atoms with Gasteiger partial charge in [-0.1, -0.05) is 30.3 Å².